The topological polar surface area (TPSA) is 79.6 Å². The molecule has 1 fully saturated rings. The highest BCUT2D eigenvalue weighted by molar-refractivity contribution is 14.0. The summed E-state index contributed by atoms with van der Waals surface area (Å²) in [6, 6.07) is 9.33. The number of aliphatic imine (C=N–C) groups is 1. The van der Waals surface area contributed by atoms with Gasteiger partial charge in [-0.1, -0.05) is 30.3 Å². The SMILES string of the molecule is CCNC(=NCCCS(=O)(=O)Cc1ccccc1)N1CCC(c2cnn(C)c2)C1.I. The molecule has 0 saturated carbocycles. The fourth-order valence-corrected chi connectivity index (χ4v) is 5.08. The Labute approximate surface area is 196 Å². The van der Waals surface area contributed by atoms with E-state index >= 15 is 0 Å². The molecular weight excluding hydrogens is 513 g/mol. The minimum atomic E-state index is -3.12. The van der Waals surface area contributed by atoms with Gasteiger partial charge in [0, 0.05) is 45.3 Å². The van der Waals surface area contributed by atoms with Crippen molar-refractivity contribution >= 4 is 39.8 Å². The van der Waals surface area contributed by atoms with Crippen LogP contribution in [-0.4, -0.2) is 61.0 Å². The monoisotopic (exact) mass is 545 g/mol. The van der Waals surface area contributed by atoms with Gasteiger partial charge in [-0.05, 0) is 30.9 Å². The maximum Gasteiger partial charge on any atom is 0.193 e. The molecule has 166 valence electrons. The molecule has 1 aliphatic rings. The van der Waals surface area contributed by atoms with Crippen LogP contribution in [0.4, 0.5) is 0 Å². The summed E-state index contributed by atoms with van der Waals surface area (Å²) in [6.45, 7) is 5.19. The van der Waals surface area contributed by atoms with Crippen molar-refractivity contribution in [3.8, 4) is 0 Å². The highest BCUT2D eigenvalue weighted by atomic mass is 127. The van der Waals surface area contributed by atoms with E-state index in [9.17, 15) is 8.42 Å². The summed E-state index contributed by atoms with van der Waals surface area (Å²) in [6.07, 6.45) is 5.62. The van der Waals surface area contributed by atoms with Crippen LogP contribution in [0, 0.1) is 0 Å². The number of sulfone groups is 1. The van der Waals surface area contributed by atoms with Crippen LogP contribution in [0.1, 0.15) is 36.8 Å². The van der Waals surface area contributed by atoms with Crippen LogP contribution in [0.2, 0.25) is 0 Å². The molecule has 1 aromatic carbocycles. The predicted octanol–water partition coefficient (Wildman–Crippen LogP) is 2.80. The quantitative estimate of drug-likeness (QED) is 0.239. The first-order chi connectivity index (χ1) is 14.0. The summed E-state index contributed by atoms with van der Waals surface area (Å²) < 4.78 is 26.5. The van der Waals surface area contributed by atoms with Crippen molar-refractivity contribution in [1.29, 1.82) is 0 Å². The van der Waals surface area contributed by atoms with E-state index in [0.29, 0.717) is 18.9 Å². The fourth-order valence-electron chi connectivity index (χ4n) is 3.67. The van der Waals surface area contributed by atoms with Gasteiger partial charge in [0.1, 0.15) is 0 Å². The van der Waals surface area contributed by atoms with Crippen molar-refractivity contribution < 1.29 is 8.42 Å². The maximum absolute atomic E-state index is 12.3. The Morgan fingerprint density at radius 1 is 1.30 bits per heavy atom. The van der Waals surface area contributed by atoms with Crippen molar-refractivity contribution in [2.24, 2.45) is 12.0 Å². The molecule has 0 bridgehead atoms. The molecule has 1 aromatic heterocycles. The van der Waals surface area contributed by atoms with Gasteiger partial charge in [0.25, 0.3) is 0 Å². The standard InChI is InChI=1S/C21H31N5O2S.HI/c1-3-22-21(26-12-10-19(16-26)20-14-24-25(2)15-20)23-11-7-13-29(27,28)17-18-8-5-4-6-9-18;/h4-6,8-9,14-15,19H,3,7,10-13,16-17H2,1-2H3,(H,22,23);1H. The van der Waals surface area contributed by atoms with Crippen molar-refractivity contribution in [2.45, 2.75) is 31.4 Å². The summed E-state index contributed by atoms with van der Waals surface area (Å²) in [5.41, 5.74) is 2.10. The zero-order valence-electron chi connectivity index (χ0n) is 17.7. The highest BCUT2D eigenvalue weighted by Crippen LogP contribution is 2.26. The Balaban J connectivity index is 0.00000320. The molecule has 3 rings (SSSR count). The summed E-state index contributed by atoms with van der Waals surface area (Å²) >= 11 is 0. The van der Waals surface area contributed by atoms with Gasteiger partial charge in [-0.25, -0.2) is 8.42 Å². The number of nitrogens with one attached hydrogen (secondary N) is 1. The second kappa shape index (κ2) is 11.7. The molecule has 2 aromatic rings. The van der Waals surface area contributed by atoms with Crippen molar-refractivity contribution in [2.75, 3.05) is 31.9 Å². The first-order valence-electron chi connectivity index (χ1n) is 10.2. The number of hydrogen-bond acceptors (Lipinski definition) is 4. The predicted molar refractivity (Wildman–Crippen MR) is 132 cm³/mol. The molecule has 0 amide bonds. The molecule has 1 saturated heterocycles. The lowest BCUT2D eigenvalue weighted by atomic mass is 10.0. The van der Waals surface area contributed by atoms with Crippen LogP contribution in [0.5, 0.6) is 0 Å². The van der Waals surface area contributed by atoms with Gasteiger partial charge in [-0.2, -0.15) is 5.10 Å². The second-order valence-electron chi connectivity index (χ2n) is 7.55. The van der Waals surface area contributed by atoms with E-state index in [1.165, 1.54) is 5.56 Å². The largest absolute Gasteiger partial charge is 0.357 e. The van der Waals surface area contributed by atoms with Gasteiger partial charge in [0.05, 0.1) is 17.7 Å². The Morgan fingerprint density at radius 3 is 2.73 bits per heavy atom. The summed E-state index contributed by atoms with van der Waals surface area (Å²) in [5.74, 6) is 1.58. The molecule has 1 aliphatic heterocycles. The number of likely N-dealkylation sites (tertiary alicyclic amines) is 1. The zero-order chi connectivity index (χ0) is 20.7. The molecular formula is C21H32IN5O2S. The number of nitrogens with zero attached hydrogens (tertiary/aromatic N) is 4. The van der Waals surface area contributed by atoms with E-state index in [1.807, 2.05) is 48.3 Å². The van der Waals surface area contributed by atoms with E-state index in [-0.39, 0.29) is 35.5 Å². The summed E-state index contributed by atoms with van der Waals surface area (Å²) in [7, 11) is -1.18. The minimum absolute atomic E-state index is 0. The number of aromatic nitrogens is 2. The number of guanidine groups is 1. The van der Waals surface area contributed by atoms with Crippen molar-refractivity contribution in [1.82, 2.24) is 20.0 Å². The third-order valence-corrected chi connectivity index (χ3v) is 6.81. The molecule has 2 heterocycles. The van der Waals surface area contributed by atoms with E-state index in [2.05, 4.69) is 33.4 Å². The first kappa shape index (κ1) is 24.6. The lowest BCUT2D eigenvalue weighted by Gasteiger charge is -2.21. The normalized spacial score (nSPS) is 17.1. The minimum Gasteiger partial charge on any atom is -0.357 e. The summed E-state index contributed by atoms with van der Waals surface area (Å²) in [5, 5.41) is 7.62. The Kier molecular flexibility index (Phi) is 9.60. The highest BCUT2D eigenvalue weighted by Gasteiger charge is 2.26. The second-order valence-corrected chi connectivity index (χ2v) is 9.73. The van der Waals surface area contributed by atoms with Gasteiger partial charge in [-0.15, -0.1) is 24.0 Å². The molecule has 9 heteroatoms. The Morgan fingerprint density at radius 2 is 2.07 bits per heavy atom. The molecule has 1 unspecified atom stereocenters. The van der Waals surface area contributed by atoms with Gasteiger partial charge >= 0.3 is 0 Å². The maximum atomic E-state index is 12.3. The lowest BCUT2D eigenvalue weighted by molar-refractivity contribution is 0.486. The van der Waals surface area contributed by atoms with Crippen LogP contribution in [0.3, 0.4) is 0 Å². The molecule has 0 spiro atoms. The number of rotatable bonds is 8. The fraction of sp³-hybridized carbons (Fsp3) is 0.524. The molecule has 1 atom stereocenters. The number of hydrogen-bond donors (Lipinski definition) is 1. The van der Waals surface area contributed by atoms with Crippen molar-refractivity contribution in [3.05, 3.63) is 53.9 Å². The average Bonchev–Trinajstić information content (AvgIpc) is 3.34. The molecule has 30 heavy (non-hydrogen) atoms. The zero-order valence-corrected chi connectivity index (χ0v) is 20.8. The van der Waals surface area contributed by atoms with Crippen LogP contribution in [-0.2, 0) is 22.6 Å². The van der Waals surface area contributed by atoms with Gasteiger partial charge in [0.15, 0.2) is 15.8 Å². The van der Waals surface area contributed by atoms with Crippen LogP contribution >= 0.6 is 24.0 Å². The van der Waals surface area contributed by atoms with E-state index in [1.54, 1.807) is 0 Å². The van der Waals surface area contributed by atoms with Crippen molar-refractivity contribution in [3.63, 3.8) is 0 Å². The third kappa shape index (κ3) is 7.26. The van der Waals surface area contributed by atoms with Crippen LogP contribution < -0.4 is 5.32 Å². The number of benzene rings is 1. The Hall–Kier alpha value is -1.62. The number of halogens is 1. The lowest BCUT2D eigenvalue weighted by Crippen LogP contribution is -2.40. The van der Waals surface area contributed by atoms with Gasteiger partial charge in [-0.3, -0.25) is 9.67 Å². The smallest absolute Gasteiger partial charge is 0.193 e. The van der Waals surface area contributed by atoms with E-state index < -0.39 is 9.84 Å². The number of aryl methyl sites for hydroxylation is 1. The molecule has 0 aliphatic carbocycles. The summed E-state index contributed by atoms with van der Waals surface area (Å²) in [4.78, 5) is 6.95. The third-order valence-electron chi connectivity index (χ3n) is 5.12. The molecule has 7 nitrogen and oxygen atoms in total. The Bertz CT molecular complexity index is 914. The van der Waals surface area contributed by atoms with E-state index in [0.717, 1.165) is 37.6 Å². The van der Waals surface area contributed by atoms with Gasteiger partial charge in [0.2, 0.25) is 0 Å². The first-order valence-corrected chi connectivity index (χ1v) is 12.0. The molecule has 1 N–H and O–H groups in total. The molecule has 0 radical (unpaired) electrons. The van der Waals surface area contributed by atoms with Gasteiger partial charge < -0.3 is 10.2 Å². The van der Waals surface area contributed by atoms with Crippen LogP contribution in [0.15, 0.2) is 47.7 Å². The van der Waals surface area contributed by atoms with E-state index in [4.69, 9.17) is 0 Å². The van der Waals surface area contributed by atoms with Crippen LogP contribution in [0.25, 0.3) is 0 Å². The average molecular weight is 545 g/mol.